The van der Waals surface area contributed by atoms with Crippen LogP contribution in [0.15, 0.2) is 35.5 Å². The van der Waals surface area contributed by atoms with Crippen LogP contribution in [0.5, 0.6) is 0 Å². The fourth-order valence-electron chi connectivity index (χ4n) is 1.68. The molecular weight excluding hydrogens is 264 g/mol. The van der Waals surface area contributed by atoms with Gasteiger partial charge in [-0.2, -0.15) is 5.10 Å². The van der Waals surface area contributed by atoms with E-state index in [1.165, 1.54) is 6.33 Å². The maximum atomic E-state index is 12.0. The van der Waals surface area contributed by atoms with Crippen LogP contribution in [-0.2, 0) is 16.4 Å². The maximum absolute atomic E-state index is 12.0. The van der Waals surface area contributed by atoms with Gasteiger partial charge in [-0.15, -0.1) is 0 Å². The Labute approximate surface area is 112 Å². The second kappa shape index (κ2) is 5.94. The van der Waals surface area contributed by atoms with E-state index in [2.05, 4.69) is 19.9 Å². The molecule has 1 aromatic heterocycles. The van der Waals surface area contributed by atoms with Crippen LogP contribution in [0.25, 0.3) is 0 Å². The highest BCUT2D eigenvalue weighted by Crippen LogP contribution is 2.10. The molecule has 0 aliphatic rings. The molecule has 19 heavy (non-hydrogen) atoms. The summed E-state index contributed by atoms with van der Waals surface area (Å²) in [6, 6.07) is 6.84. The quantitative estimate of drug-likeness (QED) is 0.773. The SMILES string of the molecule is Cc1cccc(S(=O)(=O)NCCCc2ncn[nH]2)c1. The van der Waals surface area contributed by atoms with Crippen LogP contribution >= 0.6 is 0 Å². The van der Waals surface area contributed by atoms with Gasteiger partial charge in [0.25, 0.3) is 0 Å². The van der Waals surface area contributed by atoms with Crippen molar-refractivity contribution in [3.05, 3.63) is 42.0 Å². The highest BCUT2D eigenvalue weighted by molar-refractivity contribution is 7.89. The van der Waals surface area contributed by atoms with E-state index in [1.54, 1.807) is 18.2 Å². The monoisotopic (exact) mass is 280 g/mol. The minimum Gasteiger partial charge on any atom is -0.263 e. The third-order valence-corrected chi connectivity index (χ3v) is 4.11. The Bertz CT molecular complexity index is 623. The molecule has 0 aliphatic heterocycles. The van der Waals surface area contributed by atoms with Crippen molar-refractivity contribution in [1.82, 2.24) is 19.9 Å². The van der Waals surface area contributed by atoms with E-state index in [9.17, 15) is 8.42 Å². The molecule has 0 saturated carbocycles. The Kier molecular flexibility index (Phi) is 4.28. The van der Waals surface area contributed by atoms with E-state index in [4.69, 9.17) is 0 Å². The molecule has 2 rings (SSSR count). The number of aromatic amines is 1. The lowest BCUT2D eigenvalue weighted by atomic mass is 10.2. The van der Waals surface area contributed by atoms with E-state index in [0.717, 1.165) is 11.4 Å². The number of nitrogens with zero attached hydrogens (tertiary/aromatic N) is 2. The topological polar surface area (TPSA) is 87.7 Å². The molecule has 0 bridgehead atoms. The summed E-state index contributed by atoms with van der Waals surface area (Å²) in [4.78, 5) is 4.27. The lowest BCUT2D eigenvalue weighted by Crippen LogP contribution is -2.25. The van der Waals surface area contributed by atoms with Gasteiger partial charge in [0.2, 0.25) is 10.0 Å². The van der Waals surface area contributed by atoms with Gasteiger partial charge >= 0.3 is 0 Å². The van der Waals surface area contributed by atoms with Crippen molar-refractivity contribution in [3.63, 3.8) is 0 Å². The minimum absolute atomic E-state index is 0.298. The van der Waals surface area contributed by atoms with Gasteiger partial charge in [0.05, 0.1) is 4.90 Å². The van der Waals surface area contributed by atoms with E-state index >= 15 is 0 Å². The number of aromatic nitrogens is 3. The molecule has 0 spiro atoms. The Morgan fingerprint density at radius 2 is 2.21 bits per heavy atom. The lowest BCUT2D eigenvalue weighted by molar-refractivity contribution is 0.578. The fraction of sp³-hybridized carbons (Fsp3) is 0.333. The smallest absolute Gasteiger partial charge is 0.240 e. The molecule has 0 fully saturated rings. The van der Waals surface area contributed by atoms with E-state index < -0.39 is 10.0 Å². The van der Waals surface area contributed by atoms with Crippen molar-refractivity contribution in [1.29, 1.82) is 0 Å². The molecule has 0 unspecified atom stereocenters. The average Bonchev–Trinajstić information content (AvgIpc) is 2.88. The molecular formula is C12H16N4O2S. The van der Waals surface area contributed by atoms with Crippen LogP contribution in [0.1, 0.15) is 17.8 Å². The molecule has 102 valence electrons. The summed E-state index contributed by atoms with van der Waals surface area (Å²) in [7, 11) is -3.42. The van der Waals surface area contributed by atoms with Crippen molar-refractivity contribution in [3.8, 4) is 0 Å². The van der Waals surface area contributed by atoms with Crippen LogP contribution in [-0.4, -0.2) is 30.1 Å². The zero-order valence-electron chi connectivity index (χ0n) is 10.6. The maximum Gasteiger partial charge on any atom is 0.240 e. The van der Waals surface area contributed by atoms with Crippen molar-refractivity contribution < 1.29 is 8.42 Å². The average molecular weight is 280 g/mol. The summed E-state index contributed by atoms with van der Waals surface area (Å²) in [5.74, 6) is 0.759. The molecule has 1 heterocycles. The van der Waals surface area contributed by atoms with Gasteiger partial charge in [0.1, 0.15) is 12.2 Å². The number of benzene rings is 1. The summed E-state index contributed by atoms with van der Waals surface area (Å²) < 4.78 is 26.6. The highest BCUT2D eigenvalue weighted by Gasteiger charge is 2.12. The van der Waals surface area contributed by atoms with Gasteiger partial charge in [-0.3, -0.25) is 5.10 Å². The number of hydrogen-bond acceptors (Lipinski definition) is 4. The van der Waals surface area contributed by atoms with Gasteiger partial charge in [0, 0.05) is 13.0 Å². The predicted molar refractivity (Wildman–Crippen MR) is 71.1 cm³/mol. The van der Waals surface area contributed by atoms with Crippen LogP contribution in [0.4, 0.5) is 0 Å². The number of rotatable bonds is 6. The minimum atomic E-state index is -3.42. The third kappa shape index (κ3) is 3.87. The van der Waals surface area contributed by atoms with E-state index in [0.29, 0.717) is 24.3 Å². The van der Waals surface area contributed by atoms with Gasteiger partial charge in [0.15, 0.2) is 0 Å². The van der Waals surface area contributed by atoms with Crippen LogP contribution in [0.2, 0.25) is 0 Å². The van der Waals surface area contributed by atoms with Gasteiger partial charge in [-0.05, 0) is 31.0 Å². The van der Waals surface area contributed by atoms with Crippen LogP contribution < -0.4 is 4.72 Å². The third-order valence-electron chi connectivity index (χ3n) is 2.65. The van der Waals surface area contributed by atoms with Gasteiger partial charge in [-0.1, -0.05) is 12.1 Å². The Morgan fingerprint density at radius 3 is 2.89 bits per heavy atom. The first-order valence-electron chi connectivity index (χ1n) is 5.98. The Balaban J connectivity index is 1.88. The summed E-state index contributed by atoms with van der Waals surface area (Å²) in [5, 5.41) is 6.47. The number of nitrogens with one attached hydrogen (secondary N) is 2. The van der Waals surface area contributed by atoms with Gasteiger partial charge in [-0.25, -0.2) is 18.1 Å². The van der Waals surface area contributed by atoms with Crippen molar-refractivity contribution in [2.24, 2.45) is 0 Å². The molecule has 0 saturated heterocycles. The number of hydrogen-bond donors (Lipinski definition) is 2. The second-order valence-electron chi connectivity index (χ2n) is 4.25. The van der Waals surface area contributed by atoms with Crippen LogP contribution in [0, 0.1) is 6.92 Å². The molecule has 2 aromatic rings. The van der Waals surface area contributed by atoms with Gasteiger partial charge < -0.3 is 0 Å². The molecule has 0 radical (unpaired) electrons. The molecule has 0 amide bonds. The van der Waals surface area contributed by atoms with E-state index in [1.807, 2.05) is 13.0 Å². The predicted octanol–water partition coefficient (Wildman–Crippen LogP) is 1.02. The van der Waals surface area contributed by atoms with Crippen LogP contribution in [0.3, 0.4) is 0 Å². The molecule has 7 heteroatoms. The van der Waals surface area contributed by atoms with Crippen molar-refractivity contribution >= 4 is 10.0 Å². The Hall–Kier alpha value is -1.73. The van der Waals surface area contributed by atoms with Crippen molar-refractivity contribution in [2.75, 3.05) is 6.54 Å². The largest absolute Gasteiger partial charge is 0.263 e. The first-order chi connectivity index (χ1) is 9.08. The first kappa shape index (κ1) is 13.7. The summed E-state index contributed by atoms with van der Waals surface area (Å²) in [6.45, 7) is 2.24. The summed E-state index contributed by atoms with van der Waals surface area (Å²) in [6.07, 6.45) is 2.77. The standard InChI is InChI=1S/C12H16N4O2S/c1-10-4-2-5-11(8-10)19(17,18)15-7-3-6-12-13-9-14-16-12/h2,4-5,8-9,15H,3,6-7H2,1H3,(H,13,14,16). The number of aryl methyl sites for hydroxylation is 2. The van der Waals surface area contributed by atoms with E-state index in [-0.39, 0.29) is 0 Å². The zero-order chi connectivity index (χ0) is 13.7. The zero-order valence-corrected chi connectivity index (χ0v) is 11.4. The lowest BCUT2D eigenvalue weighted by Gasteiger charge is -2.06. The summed E-state index contributed by atoms with van der Waals surface area (Å²) >= 11 is 0. The van der Waals surface area contributed by atoms with Crippen molar-refractivity contribution in [2.45, 2.75) is 24.7 Å². The normalized spacial score (nSPS) is 11.6. The Morgan fingerprint density at radius 1 is 1.37 bits per heavy atom. The molecule has 1 aromatic carbocycles. The summed E-state index contributed by atoms with van der Waals surface area (Å²) in [5.41, 5.74) is 0.921. The molecule has 6 nitrogen and oxygen atoms in total. The fourth-order valence-corrected chi connectivity index (χ4v) is 2.86. The number of sulfonamides is 1. The second-order valence-corrected chi connectivity index (χ2v) is 6.02. The number of H-pyrrole nitrogens is 1. The molecule has 2 N–H and O–H groups in total. The first-order valence-corrected chi connectivity index (χ1v) is 7.47. The molecule has 0 aliphatic carbocycles. The highest BCUT2D eigenvalue weighted by atomic mass is 32.2. The molecule has 0 atom stereocenters.